The van der Waals surface area contributed by atoms with E-state index >= 15 is 0 Å². The van der Waals surface area contributed by atoms with E-state index in [4.69, 9.17) is 5.73 Å². The zero-order valence-electron chi connectivity index (χ0n) is 10.7. The van der Waals surface area contributed by atoms with Crippen molar-refractivity contribution in [2.75, 3.05) is 6.54 Å². The van der Waals surface area contributed by atoms with E-state index in [2.05, 4.69) is 35.6 Å². The summed E-state index contributed by atoms with van der Waals surface area (Å²) in [6.07, 6.45) is 4.70. The zero-order valence-corrected chi connectivity index (χ0v) is 10.7. The summed E-state index contributed by atoms with van der Waals surface area (Å²) in [6, 6.07) is 4.48. The van der Waals surface area contributed by atoms with E-state index in [1.54, 1.807) is 0 Å². The third-order valence-electron chi connectivity index (χ3n) is 3.66. The summed E-state index contributed by atoms with van der Waals surface area (Å²) in [5.74, 6) is 0.652. The first kappa shape index (κ1) is 11.9. The molecule has 0 bridgehead atoms. The first-order valence-electron chi connectivity index (χ1n) is 6.09. The largest absolute Gasteiger partial charge is 0.370 e. The number of hydrogen-bond donors (Lipinski definition) is 1. The smallest absolute Gasteiger partial charge is 0.192 e. The molecule has 17 heavy (non-hydrogen) atoms. The van der Waals surface area contributed by atoms with Crippen molar-refractivity contribution in [3.05, 3.63) is 30.1 Å². The Kier molecular flexibility index (Phi) is 3.05. The second-order valence-electron chi connectivity index (χ2n) is 4.81. The number of hydrogen-bond acceptors (Lipinski definition) is 4. The molecular formula is C13H20N4. The van der Waals surface area contributed by atoms with E-state index in [1.165, 1.54) is 5.56 Å². The second kappa shape index (κ2) is 4.35. The fourth-order valence-corrected chi connectivity index (χ4v) is 2.48. The normalized spacial score (nSPS) is 25.8. The maximum atomic E-state index is 6.03. The predicted molar refractivity (Wildman–Crippen MR) is 69.7 cm³/mol. The van der Waals surface area contributed by atoms with Crippen LogP contribution in [0.3, 0.4) is 0 Å². The Hall–Kier alpha value is -1.58. The third-order valence-corrected chi connectivity index (χ3v) is 3.66. The molecule has 2 N–H and O–H groups in total. The molecular weight excluding hydrogens is 212 g/mol. The number of pyridine rings is 1. The molecule has 2 atom stereocenters. The van der Waals surface area contributed by atoms with E-state index in [9.17, 15) is 0 Å². The number of guanidine groups is 1. The summed E-state index contributed by atoms with van der Waals surface area (Å²) in [5.41, 5.74) is 7.11. The molecule has 1 aliphatic heterocycles. The number of aromatic nitrogens is 1. The van der Waals surface area contributed by atoms with Gasteiger partial charge < -0.3 is 10.6 Å². The van der Waals surface area contributed by atoms with Crippen molar-refractivity contribution in [1.82, 2.24) is 9.88 Å². The lowest BCUT2D eigenvalue weighted by molar-refractivity contribution is 0.171. The van der Waals surface area contributed by atoms with Gasteiger partial charge in [0.15, 0.2) is 5.96 Å². The molecule has 0 amide bonds. The Morgan fingerprint density at radius 1 is 1.47 bits per heavy atom. The molecule has 0 spiro atoms. The molecule has 0 saturated heterocycles. The maximum absolute atomic E-state index is 6.03. The number of nitrogens with two attached hydrogens (primary N) is 1. The van der Waals surface area contributed by atoms with Crippen LogP contribution in [0, 0.1) is 0 Å². The van der Waals surface area contributed by atoms with Crippen molar-refractivity contribution in [3.63, 3.8) is 0 Å². The van der Waals surface area contributed by atoms with Gasteiger partial charge in [0.2, 0.25) is 0 Å². The van der Waals surface area contributed by atoms with Crippen molar-refractivity contribution in [1.29, 1.82) is 0 Å². The Balaban J connectivity index is 2.38. The summed E-state index contributed by atoms with van der Waals surface area (Å²) in [7, 11) is 0. The van der Waals surface area contributed by atoms with Crippen molar-refractivity contribution >= 4 is 5.96 Å². The maximum Gasteiger partial charge on any atom is 0.192 e. The Morgan fingerprint density at radius 3 is 2.71 bits per heavy atom. The SMILES string of the molecule is CCC(C)N1C(N)=NCC1(C)c1ccncc1. The van der Waals surface area contributed by atoms with Crippen LogP contribution in [0.15, 0.2) is 29.5 Å². The molecule has 0 aliphatic carbocycles. The van der Waals surface area contributed by atoms with Gasteiger partial charge in [0.25, 0.3) is 0 Å². The minimum atomic E-state index is -0.136. The van der Waals surface area contributed by atoms with Gasteiger partial charge in [-0.1, -0.05) is 6.92 Å². The van der Waals surface area contributed by atoms with Crippen LogP contribution >= 0.6 is 0 Å². The summed E-state index contributed by atoms with van der Waals surface area (Å²) < 4.78 is 0. The summed E-state index contributed by atoms with van der Waals surface area (Å²) in [5, 5.41) is 0. The minimum absolute atomic E-state index is 0.136. The van der Waals surface area contributed by atoms with E-state index in [1.807, 2.05) is 24.5 Å². The first-order valence-corrected chi connectivity index (χ1v) is 6.09. The summed E-state index contributed by atoms with van der Waals surface area (Å²) in [4.78, 5) is 10.7. The number of aliphatic imine (C=N–C) groups is 1. The molecule has 4 heteroatoms. The first-order chi connectivity index (χ1) is 8.09. The lowest BCUT2D eigenvalue weighted by atomic mass is 9.90. The average molecular weight is 232 g/mol. The molecule has 2 heterocycles. The van der Waals surface area contributed by atoms with Gasteiger partial charge in [0, 0.05) is 18.4 Å². The van der Waals surface area contributed by atoms with Crippen molar-refractivity contribution < 1.29 is 0 Å². The van der Waals surface area contributed by atoms with E-state index in [-0.39, 0.29) is 5.54 Å². The zero-order chi connectivity index (χ0) is 12.5. The lowest BCUT2D eigenvalue weighted by Gasteiger charge is -2.40. The third kappa shape index (κ3) is 1.88. The monoisotopic (exact) mass is 232 g/mol. The van der Waals surface area contributed by atoms with Crippen LogP contribution in [-0.4, -0.2) is 28.4 Å². The van der Waals surface area contributed by atoms with Crippen LogP contribution in [0.25, 0.3) is 0 Å². The van der Waals surface area contributed by atoms with Gasteiger partial charge in [-0.2, -0.15) is 0 Å². The highest BCUT2D eigenvalue weighted by Crippen LogP contribution is 2.34. The number of nitrogens with zero attached hydrogens (tertiary/aromatic N) is 3. The van der Waals surface area contributed by atoms with Gasteiger partial charge in [0.05, 0.1) is 12.1 Å². The van der Waals surface area contributed by atoms with Crippen molar-refractivity contribution in [2.45, 2.75) is 38.8 Å². The molecule has 4 nitrogen and oxygen atoms in total. The molecule has 0 saturated carbocycles. The lowest BCUT2D eigenvalue weighted by Crippen LogP contribution is -2.51. The van der Waals surface area contributed by atoms with Gasteiger partial charge in [-0.3, -0.25) is 9.98 Å². The molecule has 1 aromatic rings. The summed E-state index contributed by atoms with van der Waals surface area (Å²) >= 11 is 0. The quantitative estimate of drug-likeness (QED) is 0.863. The fourth-order valence-electron chi connectivity index (χ4n) is 2.48. The van der Waals surface area contributed by atoms with Crippen LogP contribution in [0.2, 0.25) is 0 Å². The fraction of sp³-hybridized carbons (Fsp3) is 0.538. The highest BCUT2D eigenvalue weighted by Gasteiger charge is 2.41. The molecule has 1 aromatic heterocycles. The van der Waals surface area contributed by atoms with Gasteiger partial charge in [-0.05, 0) is 38.0 Å². The van der Waals surface area contributed by atoms with Crippen LogP contribution in [0.4, 0.5) is 0 Å². The van der Waals surface area contributed by atoms with Crippen LogP contribution < -0.4 is 5.73 Å². The molecule has 1 aliphatic rings. The predicted octanol–water partition coefficient (Wildman–Crippen LogP) is 1.73. The van der Waals surface area contributed by atoms with Crippen LogP contribution in [0.1, 0.15) is 32.8 Å². The van der Waals surface area contributed by atoms with E-state index in [0.29, 0.717) is 18.5 Å². The molecule has 0 aromatic carbocycles. The van der Waals surface area contributed by atoms with Crippen molar-refractivity contribution in [2.24, 2.45) is 10.7 Å². The summed E-state index contributed by atoms with van der Waals surface area (Å²) in [6.45, 7) is 7.27. The Bertz CT molecular complexity index is 415. The Labute approximate surface area is 103 Å². The highest BCUT2D eigenvalue weighted by molar-refractivity contribution is 5.81. The Morgan fingerprint density at radius 2 is 2.12 bits per heavy atom. The van der Waals surface area contributed by atoms with Gasteiger partial charge in [-0.15, -0.1) is 0 Å². The van der Waals surface area contributed by atoms with Gasteiger partial charge in [-0.25, -0.2) is 0 Å². The molecule has 92 valence electrons. The average Bonchev–Trinajstić information content (AvgIpc) is 2.67. The molecule has 2 unspecified atom stereocenters. The van der Waals surface area contributed by atoms with E-state index < -0.39 is 0 Å². The number of rotatable bonds is 3. The van der Waals surface area contributed by atoms with Crippen LogP contribution in [0.5, 0.6) is 0 Å². The van der Waals surface area contributed by atoms with Gasteiger partial charge >= 0.3 is 0 Å². The second-order valence-corrected chi connectivity index (χ2v) is 4.81. The molecule has 0 radical (unpaired) electrons. The van der Waals surface area contributed by atoms with Crippen molar-refractivity contribution in [3.8, 4) is 0 Å². The molecule has 0 fully saturated rings. The minimum Gasteiger partial charge on any atom is -0.370 e. The highest BCUT2D eigenvalue weighted by atomic mass is 15.4. The van der Waals surface area contributed by atoms with Gasteiger partial charge in [0.1, 0.15) is 0 Å². The van der Waals surface area contributed by atoms with E-state index in [0.717, 1.165) is 6.42 Å². The van der Waals surface area contributed by atoms with Crippen LogP contribution in [-0.2, 0) is 5.54 Å². The molecule has 2 rings (SSSR count). The topological polar surface area (TPSA) is 54.5 Å². The standard InChI is InChI=1S/C13H20N4/c1-4-10(2)17-12(14)16-9-13(17,3)11-5-7-15-8-6-11/h5-8,10H,4,9H2,1-3H3,(H2,14,16).